The lowest BCUT2D eigenvalue weighted by Gasteiger charge is -2.11. The van der Waals surface area contributed by atoms with Gasteiger partial charge < -0.3 is 10.3 Å². The van der Waals surface area contributed by atoms with E-state index in [0.29, 0.717) is 10.9 Å². The maximum atomic E-state index is 12.7. The number of nitrogens with one attached hydrogen (secondary N) is 2. The van der Waals surface area contributed by atoms with E-state index in [4.69, 9.17) is 0 Å². The largest absolute Gasteiger partial charge is 0.361 e. The number of amides is 1. The SMILES string of the molecule is CSc1nc2nc(C)c(CC(=O)Nc3cccc4[nH]ccc34)c(C)n2n1. The fourth-order valence-corrected chi connectivity index (χ4v) is 3.42. The Morgan fingerprint density at radius 3 is 2.92 bits per heavy atom. The van der Waals surface area contributed by atoms with Gasteiger partial charge in [0.2, 0.25) is 11.1 Å². The first-order chi connectivity index (χ1) is 12.6. The fourth-order valence-electron chi connectivity index (χ4n) is 3.08. The van der Waals surface area contributed by atoms with Crippen molar-refractivity contribution >= 4 is 40.0 Å². The lowest BCUT2D eigenvalue weighted by Crippen LogP contribution is -2.18. The Morgan fingerprint density at radius 2 is 2.12 bits per heavy atom. The molecule has 7 nitrogen and oxygen atoms in total. The van der Waals surface area contributed by atoms with Crippen molar-refractivity contribution in [2.24, 2.45) is 0 Å². The van der Waals surface area contributed by atoms with Crippen molar-refractivity contribution in [3.63, 3.8) is 0 Å². The number of fused-ring (bicyclic) bond motifs is 2. The van der Waals surface area contributed by atoms with Crippen LogP contribution in [0.5, 0.6) is 0 Å². The molecule has 0 aliphatic heterocycles. The molecule has 0 radical (unpaired) electrons. The van der Waals surface area contributed by atoms with Crippen LogP contribution in [-0.4, -0.2) is 36.7 Å². The molecule has 4 aromatic rings. The molecule has 0 saturated carbocycles. The molecule has 1 amide bonds. The summed E-state index contributed by atoms with van der Waals surface area (Å²) < 4.78 is 1.70. The molecule has 3 aromatic heterocycles. The molecule has 2 N–H and O–H groups in total. The van der Waals surface area contributed by atoms with E-state index in [1.54, 1.807) is 4.52 Å². The van der Waals surface area contributed by atoms with Crippen molar-refractivity contribution in [1.82, 2.24) is 24.6 Å². The van der Waals surface area contributed by atoms with Gasteiger partial charge in [-0.05, 0) is 38.3 Å². The first kappa shape index (κ1) is 16.6. The van der Waals surface area contributed by atoms with E-state index < -0.39 is 0 Å². The number of rotatable bonds is 4. The Bertz CT molecular complexity index is 1130. The van der Waals surface area contributed by atoms with Crippen molar-refractivity contribution in [2.45, 2.75) is 25.4 Å². The minimum Gasteiger partial charge on any atom is -0.361 e. The van der Waals surface area contributed by atoms with E-state index >= 15 is 0 Å². The lowest BCUT2D eigenvalue weighted by molar-refractivity contribution is -0.115. The van der Waals surface area contributed by atoms with E-state index in [2.05, 4.69) is 25.4 Å². The van der Waals surface area contributed by atoms with Crippen LogP contribution < -0.4 is 5.32 Å². The number of aryl methyl sites for hydroxylation is 2. The number of thioether (sulfide) groups is 1. The molecular weight excluding hydrogens is 348 g/mol. The monoisotopic (exact) mass is 366 g/mol. The van der Waals surface area contributed by atoms with Gasteiger partial charge in [-0.15, -0.1) is 5.10 Å². The van der Waals surface area contributed by atoms with Gasteiger partial charge in [0.1, 0.15) is 0 Å². The standard InChI is InChI=1S/C18H18N6OS/c1-10-13(11(2)24-17(20-10)22-18(23-24)26-3)9-16(25)21-15-6-4-5-14-12(15)7-8-19-14/h4-8,19H,9H2,1-3H3,(H,21,25). The second-order valence-electron chi connectivity index (χ2n) is 6.04. The van der Waals surface area contributed by atoms with Gasteiger partial charge in [-0.2, -0.15) is 4.98 Å². The number of carbonyl (C=O) groups is 1. The number of aromatic nitrogens is 5. The Hall–Kier alpha value is -2.87. The highest BCUT2D eigenvalue weighted by Gasteiger charge is 2.16. The van der Waals surface area contributed by atoms with Crippen molar-refractivity contribution in [3.05, 3.63) is 47.4 Å². The van der Waals surface area contributed by atoms with E-state index in [9.17, 15) is 4.79 Å². The molecule has 0 bridgehead atoms. The summed E-state index contributed by atoms with van der Waals surface area (Å²) in [7, 11) is 0. The summed E-state index contributed by atoms with van der Waals surface area (Å²) in [6, 6.07) is 7.74. The highest BCUT2D eigenvalue weighted by atomic mass is 32.2. The van der Waals surface area contributed by atoms with Crippen molar-refractivity contribution in [2.75, 3.05) is 11.6 Å². The summed E-state index contributed by atoms with van der Waals surface area (Å²) in [6.07, 6.45) is 4.02. The Morgan fingerprint density at radius 1 is 1.27 bits per heavy atom. The molecule has 132 valence electrons. The average Bonchev–Trinajstić information content (AvgIpc) is 3.25. The molecule has 0 aliphatic carbocycles. The molecule has 0 spiro atoms. The van der Waals surface area contributed by atoms with Crippen LogP contribution in [0.4, 0.5) is 5.69 Å². The minimum atomic E-state index is -0.0868. The Kier molecular flexibility index (Phi) is 4.12. The quantitative estimate of drug-likeness (QED) is 0.542. The maximum Gasteiger partial charge on any atom is 0.253 e. The van der Waals surface area contributed by atoms with E-state index in [-0.39, 0.29) is 12.3 Å². The van der Waals surface area contributed by atoms with Gasteiger partial charge in [0, 0.05) is 34.1 Å². The van der Waals surface area contributed by atoms with Crippen LogP contribution >= 0.6 is 11.8 Å². The molecule has 8 heteroatoms. The number of nitrogens with zero attached hydrogens (tertiary/aromatic N) is 4. The molecule has 0 aliphatic rings. The summed E-state index contributed by atoms with van der Waals surface area (Å²) >= 11 is 1.47. The zero-order valence-electron chi connectivity index (χ0n) is 14.7. The minimum absolute atomic E-state index is 0.0868. The van der Waals surface area contributed by atoms with Crippen molar-refractivity contribution < 1.29 is 4.79 Å². The predicted octanol–water partition coefficient (Wildman–Crippen LogP) is 3.13. The van der Waals surface area contributed by atoms with Gasteiger partial charge in [-0.3, -0.25) is 4.79 Å². The van der Waals surface area contributed by atoms with Crippen LogP contribution in [0, 0.1) is 13.8 Å². The fraction of sp³-hybridized carbons (Fsp3) is 0.222. The number of hydrogen-bond donors (Lipinski definition) is 2. The molecule has 3 heterocycles. The molecular formula is C18H18N6OS. The van der Waals surface area contributed by atoms with Crippen LogP contribution in [-0.2, 0) is 11.2 Å². The second-order valence-corrected chi connectivity index (χ2v) is 6.81. The number of benzene rings is 1. The van der Waals surface area contributed by atoms with Crippen LogP contribution in [0.15, 0.2) is 35.6 Å². The van der Waals surface area contributed by atoms with Crippen molar-refractivity contribution in [1.29, 1.82) is 0 Å². The lowest BCUT2D eigenvalue weighted by atomic mass is 10.1. The van der Waals surface area contributed by atoms with Gasteiger partial charge >= 0.3 is 0 Å². The molecule has 0 saturated heterocycles. The van der Waals surface area contributed by atoms with Crippen LogP contribution in [0.25, 0.3) is 16.7 Å². The summed E-state index contributed by atoms with van der Waals surface area (Å²) in [5.74, 6) is 0.474. The van der Waals surface area contributed by atoms with Crippen molar-refractivity contribution in [3.8, 4) is 0 Å². The van der Waals surface area contributed by atoms with E-state index in [1.165, 1.54) is 11.8 Å². The number of carbonyl (C=O) groups excluding carboxylic acids is 1. The summed E-state index contributed by atoms with van der Waals surface area (Å²) in [5, 5.41) is 9.09. The zero-order chi connectivity index (χ0) is 18.3. The summed E-state index contributed by atoms with van der Waals surface area (Å²) in [5.41, 5.74) is 4.34. The molecule has 0 atom stereocenters. The third-order valence-electron chi connectivity index (χ3n) is 4.42. The maximum absolute atomic E-state index is 12.7. The molecule has 4 rings (SSSR count). The summed E-state index contributed by atoms with van der Waals surface area (Å²) in [6.45, 7) is 3.84. The van der Waals surface area contributed by atoms with Crippen LogP contribution in [0.2, 0.25) is 0 Å². The third kappa shape index (κ3) is 2.82. The predicted molar refractivity (Wildman–Crippen MR) is 103 cm³/mol. The van der Waals surface area contributed by atoms with Crippen LogP contribution in [0.3, 0.4) is 0 Å². The van der Waals surface area contributed by atoms with Gasteiger partial charge in [0.05, 0.1) is 12.1 Å². The summed E-state index contributed by atoms with van der Waals surface area (Å²) in [4.78, 5) is 24.7. The van der Waals surface area contributed by atoms with Gasteiger partial charge in [-0.1, -0.05) is 17.8 Å². The highest BCUT2D eigenvalue weighted by molar-refractivity contribution is 7.98. The Labute approximate surface area is 154 Å². The number of H-pyrrole nitrogens is 1. The normalized spacial score (nSPS) is 11.3. The topological polar surface area (TPSA) is 88.0 Å². The van der Waals surface area contributed by atoms with Gasteiger partial charge in [0.15, 0.2) is 0 Å². The Balaban J connectivity index is 1.64. The third-order valence-corrected chi connectivity index (χ3v) is 4.96. The molecule has 0 unspecified atom stereocenters. The smallest absolute Gasteiger partial charge is 0.253 e. The van der Waals surface area contributed by atoms with Gasteiger partial charge in [-0.25, -0.2) is 9.50 Å². The highest BCUT2D eigenvalue weighted by Crippen LogP contribution is 2.23. The number of hydrogen-bond acceptors (Lipinski definition) is 5. The molecule has 0 fully saturated rings. The average molecular weight is 366 g/mol. The first-order valence-corrected chi connectivity index (χ1v) is 9.42. The second kappa shape index (κ2) is 6.45. The number of anilines is 1. The first-order valence-electron chi connectivity index (χ1n) is 8.19. The van der Waals surface area contributed by atoms with Crippen LogP contribution in [0.1, 0.15) is 17.0 Å². The molecule has 26 heavy (non-hydrogen) atoms. The number of aromatic amines is 1. The van der Waals surface area contributed by atoms with Gasteiger partial charge in [0.25, 0.3) is 5.78 Å². The van der Waals surface area contributed by atoms with E-state index in [1.807, 2.05) is 50.6 Å². The zero-order valence-corrected chi connectivity index (χ0v) is 15.5. The van der Waals surface area contributed by atoms with E-state index in [0.717, 1.165) is 33.5 Å². The molecule has 1 aromatic carbocycles.